The smallest absolute Gasteiger partial charge is 0.257 e. The Balaban J connectivity index is 2.03. The number of hydrogen-bond acceptors (Lipinski definition) is 3. The van der Waals surface area contributed by atoms with Crippen LogP contribution in [0.15, 0.2) is 48.5 Å². The van der Waals surface area contributed by atoms with Crippen molar-refractivity contribution in [3.63, 3.8) is 0 Å². The average Bonchev–Trinajstić information content (AvgIpc) is 2.57. The Morgan fingerprint density at radius 1 is 1.18 bits per heavy atom. The summed E-state index contributed by atoms with van der Waals surface area (Å²) in [7, 11) is 1.65. The lowest BCUT2D eigenvalue weighted by Gasteiger charge is -2.38. The van der Waals surface area contributed by atoms with Gasteiger partial charge in [-0.1, -0.05) is 31.2 Å². The molecule has 0 spiro atoms. The van der Waals surface area contributed by atoms with Crippen molar-refractivity contribution in [3.8, 4) is 5.75 Å². The molecule has 0 saturated carbocycles. The summed E-state index contributed by atoms with van der Waals surface area (Å²) in [5, 5.41) is 3.48. The van der Waals surface area contributed by atoms with Gasteiger partial charge in [-0.3, -0.25) is 4.79 Å². The minimum Gasteiger partial charge on any atom is -0.497 e. The molecule has 22 heavy (non-hydrogen) atoms. The normalized spacial score (nSPS) is 16.9. The lowest BCUT2D eigenvalue weighted by atomic mass is 10.0. The number of nitrogens with one attached hydrogen (secondary N) is 1. The third-order valence-electron chi connectivity index (χ3n) is 3.90. The van der Waals surface area contributed by atoms with Crippen molar-refractivity contribution in [1.29, 1.82) is 0 Å². The fourth-order valence-electron chi connectivity index (χ4n) is 2.84. The van der Waals surface area contributed by atoms with Crippen LogP contribution in [-0.2, 0) is 0 Å². The summed E-state index contributed by atoms with van der Waals surface area (Å²) in [6.45, 7) is 2.79. The molecule has 1 unspecified atom stereocenters. The number of methoxy groups -OCH3 is 1. The van der Waals surface area contributed by atoms with Gasteiger partial charge in [-0.05, 0) is 36.2 Å². The summed E-state index contributed by atoms with van der Waals surface area (Å²) in [5.74, 6) is 0.867. The highest BCUT2D eigenvalue weighted by atomic mass is 16.5. The van der Waals surface area contributed by atoms with E-state index in [9.17, 15) is 4.79 Å². The maximum absolute atomic E-state index is 12.8. The molecular weight excluding hydrogens is 276 g/mol. The zero-order valence-electron chi connectivity index (χ0n) is 12.9. The van der Waals surface area contributed by atoms with Crippen LogP contribution in [0.5, 0.6) is 5.75 Å². The number of para-hydroxylation sites is 1. The molecule has 4 heteroatoms. The number of fused-ring (bicyclic) bond motifs is 1. The van der Waals surface area contributed by atoms with E-state index in [-0.39, 0.29) is 12.1 Å². The second-order valence-corrected chi connectivity index (χ2v) is 5.37. The monoisotopic (exact) mass is 296 g/mol. The number of carbonyl (C=O) groups is 1. The topological polar surface area (TPSA) is 41.6 Å². The molecule has 114 valence electrons. The van der Waals surface area contributed by atoms with Gasteiger partial charge in [0.05, 0.1) is 12.7 Å². The lowest BCUT2D eigenvalue weighted by molar-refractivity contribution is 0.0683. The molecule has 3 rings (SSSR count). The van der Waals surface area contributed by atoms with E-state index >= 15 is 0 Å². The Hall–Kier alpha value is -2.49. The fraction of sp³-hybridized carbons (Fsp3) is 0.278. The summed E-state index contributed by atoms with van der Waals surface area (Å²) in [4.78, 5) is 14.7. The highest BCUT2D eigenvalue weighted by molar-refractivity contribution is 6.01. The molecule has 0 saturated heterocycles. The first-order chi connectivity index (χ1) is 10.7. The van der Waals surface area contributed by atoms with Crippen LogP contribution < -0.4 is 10.1 Å². The van der Waals surface area contributed by atoms with Gasteiger partial charge in [-0.2, -0.15) is 0 Å². The fourth-order valence-corrected chi connectivity index (χ4v) is 2.84. The predicted molar refractivity (Wildman–Crippen MR) is 87.1 cm³/mol. The molecule has 1 aliphatic rings. The van der Waals surface area contributed by atoms with Crippen LogP contribution in [0.1, 0.15) is 35.4 Å². The molecule has 1 N–H and O–H groups in total. The van der Waals surface area contributed by atoms with Crippen molar-refractivity contribution < 1.29 is 9.53 Å². The van der Waals surface area contributed by atoms with E-state index in [2.05, 4.69) is 12.2 Å². The van der Waals surface area contributed by atoms with Crippen molar-refractivity contribution in [2.24, 2.45) is 0 Å². The molecule has 0 fully saturated rings. The van der Waals surface area contributed by atoms with E-state index in [1.54, 1.807) is 7.11 Å². The highest BCUT2D eigenvalue weighted by Crippen LogP contribution is 2.34. The maximum Gasteiger partial charge on any atom is 0.257 e. The Morgan fingerprint density at radius 2 is 2.00 bits per heavy atom. The third kappa shape index (κ3) is 2.52. The second kappa shape index (κ2) is 6.10. The van der Waals surface area contributed by atoms with E-state index in [1.807, 2.05) is 53.4 Å². The molecule has 1 heterocycles. The van der Waals surface area contributed by atoms with Crippen LogP contribution in [0.2, 0.25) is 0 Å². The summed E-state index contributed by atoms with van der Waals surface area (Å²) < 4.78 is 5.31. The number of benzene rings is 2. The van der Waals surface area contributed by atoms with Gasteiger partial charge in [-0.25, -0.2) is 0 Å². The molecule has 2 aromatic carbocycles. The molecule has 2 aromatic rings. The third-order valence-corrected chi connectivity index (χ3v) is 3.90. The molecule has 1 atom stereocenters. The van der Waals surface area contributed by atoms with Crippen molar-refractivity contribution in [1.82, 2.24) is 4.90 Å². The summed E-state index contributed by atoms with van der Waals surface area (Å²) in [5.41, 5.74) is 2.64. The number of rotatable bonds is 4. The zero-order chi connectivity index (χ0) is 15.5. The van der Waals surface area contributed by atoms with Gasteiger partial charge in [0.25, 0.3) is 5.91 Å². The lowest BCUT2D eigenvalue weighted by Crippen LogP contribution is -2.43. The van der Waals surface area contributed by atoms with E-state index in [4.69, 9.17) is 4.74 Å². The van der Waals surface area contributed by atoms with Crippen LogP contribution in [0.4, 0.5) is 5.69 Å². The zero-order valence-corrected chi connectivity index (χ0v) is 12.9. The van der Waals surface area contributed by atoms with Gasteiger partial charge in [0.15, 0.2) is 0 Å². The number of ether oxygens (including phenoxy) is 1. The number of carbonyl (C=O) groups excluding carboxylic acids is 1. The average molecular weight is 296 g/mol. The molecule has 4 nitrogen and oxygen atoms in total. The molecular formula is C18H20N2O2. The standard InChI is InChI=1S/C18H20N2O2/c1-3-11-20-17(13-7-6-8-14(12-13)22-2)19-16-10-5-4-9-15(16)18(20)21/h4-10,12,17,19H,3,11H2,1-2H3. The van der Waals surface area contributed by atoms with Gasteiger partial charge in [0.2, 0.25) is 0 Å². The Kier molecular flexibility index (Phi) is 4.00. The molecule has 0 bridgehead atoms. The van der Waals surface area contributed by atoms with Gasteiger partial charge >= 0.3 is 0 Å². The molecule has 1 amide bonds. The van der Waals surface area contributed by atoms with Crippen LogP contribution in [0.3, 0.4) is 0 Å². The van der Waals surface area contributed by atoms with Crippen LogP contribution in [0.25, 0.3) is 0 Å². The van der Waals surface area contributed by atoms with E-state index in [1.165, 1.54) is 0 Å². The molecule has 0 radical (unpaired) electrons. The minimum atomic E-state index is -0.169. The molecule has 1 aliphatic heterocycles. The maximum atomic E-state index is 12.8. The van der Waals surface area contributed by atoms with E-state index in [0.717, 1.165) is 29.0 Å². The summed E-state index contributed by atoms with van der Waals surface area (Å²) in [6, 6.07) is 15.5. The highest BCUT2D eigenvalue weighted by Gasteiger charge is 2.32. The second-order valence-electron chi connectivity index (χ2n) is 5.37. The van der Waals surface area contributed by atoms with E-state index in [0.29, 0.717) is 6.54 Å². The number of hydrogen-bond donors (Lipinski definition) is 1. The number of amides is 1. The van der Waals surface area contributed by atoms with Crippen LogP contribution >= 0.6 is 0 Å². The largest absolute Gasteiger partial charge is 0.497 e. The van der Waals surface area contributed by atoms with Crippen LogP contribution in [-0.4, -0.2) is 24.5 Å². The Morgan fingerprint density at radius 3 is 2.77 bits per heavy atom. The van der Waals surface area contributed by atoms with Gasteiger partial charge in [-0.15, -0.1) is 0 Å². The van der Waals surface area contributed by atoms with Crippen molar-refractivity contribution in [2.45, 2.75) is 19.5 Å². The van der Waals surface area contributed by atoms with Crippen molar-refractivity contribution in [2.75, 3.05) is 19.0 Å². The van der Waals surface area contributed by atoms with Gasteiger partial charge in [0.1, 0.15) is 11.9 Å². The summed E-state index contributed by atoms with van der Waals surface area (Å²) >= 11 is 0. The van der Waals surface area contributed by atoms with Crippen molar-refractivity contribution in [3.05, 3.63) is 59.7 Å². The minimum absolute atomic E-state index is 0.0732. The van der Waals surface area contributed by atoms with Gasteiger partial charge < -0.3 is 15.0 Å². The Labute approximate surface area is 130 Å². The van der Waals surface area contributed by atoms with Crippen molar-refractivity contribution >= 4 is 11.6 Å². The van der Waals surface area contributed by atoms with Gasteiger partial charge in [0, 0.05) is 12.2 Å². The quantitative estimate of drug-likeness (QED) is 0.936. The Bertz CT molecular complexity index is 684. The van der Waals surface area contributed by atoms with E-state index < -0.39 is 0 Å². The van der Waals surface area contributed by atoms with Crippen LogP contribution in [0, 0.1) is 0 Å². The first-order valence-electron chi connectivity index (χ1n) is 7.55. The number of anilines is 1. The molecule has 0 aromatic heterocycles. The molecule has 0 aliphatic carbocycles. The predicted octanol–water partition coefficient (Wildman–Crippen LogP) is 3.67. The summed E-state index contributed by atoms with van der Waals surface area (Å²) in [6.07, 6.45) is 0.744. The first kappa shape index (κ1) is 14.4. The SMILES string of the molecule is CCCN1C(=O)c2ccccc2NC1c1cccc(OC)c1. The number of nitrogens with zero attached hydrogens (tertiary/aromatic N) is 1. The first-order valence-corrected chi connectivity index (χ1v) is 7.55.